The van der Waals surface area contributed by atoms with Crippen LogP contribution in [0.2, 0.25) is 5.02 Å². The van der Waals surface area contributed by atoms with Crippen LogP contribution in [0.4, 0.5) is 11.4 Å². The first kappa shape index (κ1) is 21.8. The van der Waals surface area contributed by atoms with E-state index in [-0.39, 0.29) is 11.8 Å². The molecule has 2 aromatic rings. The molecule has 2 fully saturated rings. The number of nitrogens with one attached hydrogen (secondary N) is 2. The van der Waals surface area contributed by atoms with Crippen LogP contribution >= 0.6 is 11.6 Å². The first-order valence-corrected chi connectivity index (χ1v) is 11.4. The van der Waals surface area contributed by atoms with Crippen molar-refractivity contribution in [1.29, 1.82) is 0 Å². The van der Waals surface area contributed by atoms with Crippen LogP contribution in [0.25, 0.3) is 0 Å². The maximum absolute atomic E-state index is 12.8. The van der Waals surface area contributed by atoms with Crippen molar-refractivity contribution in [2.45, 2.75) is 31.7 Å². The van der Waals surface area contributed by atoms with Gasteiger partial charge < -0.3 is 15.5 Å². The van der Waals surface area contributed by atoms with E-state index in [1.165, 1.54) is 25.9 Å². The summed E-state index contributed by atoms with van der Waals surface area (Å²) in [7, 11) is 0. The third kappa shape index (κ3) is 5.85. The standard InChI is InChI=1S/C24H29ClN4O2/c25-18-9-11-19(12-10-18)26-24(31)21-7-1-2-8-22(21)27-23(30)17-29-15-5-6-20(29)16-28-13-3-4-14-28/h1-2,7-12,20H,3-6,13-17H2,(H,26,31)(H,27,30). The Bertz CT molecular complexity index is 912. The van der Waals surface area contributed by atoms with Crippen LogP contribution in [-0.4, -0.2) is 60.4 Å². The lowest BCUT2D eigenvalue weighted by Gasteiger charge is -2.28. The molecule has 1 unspecified atom stereocenters. The summed E-state index contributed by atoms with van der Waals surface area (Å²) in [6.07, 6.45) is 4.83. The van der Waals surface area contributed by atoms with Crippen LogP contribution in [-0.2, 0) is 4.79 Å². The minimum absolute atomic E-state index is 0.0833. The summed E-state index contributed by atoms with van der Waals surface area (Å²) in [6.45, 7) is 4.70. The highest BCUT2D eigenvalue weighted by Crippen LogP contribution is 2.22. The Hall–Kier alpha value is -2.41. The molecule has 31 heavy (non-hydrogen) atoms. The molecule has 164 valence electrons. The minimum atomic E-state index is -0.272. The molecule has 4 rings (SSSR count). The second-order valence-electron chi connectivity index (χ2n) is 8.33. The molecule has 2 aliphatic heterocycles. The Labute approximate surface area is 188 Å². The molecule has 2 saturated heterocycles. The number of carbonyl (C=O) groups excluding carboxylic acids is 2. The quantitative estimate of drug-likeness (QED) is 0.680. The normalized spacial score (nSPS) is 19.5. The lowest BCUT2D eigenvalue weighted by Crippen LogP contribution is -2.42. The molecule has 1 atom stereocenters. The van der Waals surface area contributed by atoms with E-state index in [9.17, 15) is 9.59 Å². The molecule has 2 amide bonds. The number of hydrogen-bond acceptors (Lipinski definition) is 4. The van der Waals surface area contributed by atoms with Gasteiger partial charge in [-0.1, -0.05) is 23.7 Å². The third-order valence-electron chi connectivity index (χ3n) is 6.06. The molecule has 2 aromatic carbocycles. The van der Waals surface area contributed by atoms with Gasteiger partial charge in [0, 0.05) is 23.3 Å². The van der Waals surface area contributed by atoms with Crippen molar-refractivity contribution in [2.75, 3.05) is 43.4 Å². The molecule has 0 saturated carbocycles. The van der Waals surface area contributed by atoms with Gasteiger partial charge in [0.15, 0.2) is 0 Å². The summed E-state index contributed by atoms with van der Waals surface area (Å²) >= 11 is 5.91. The number of likely N-dealkylation sites (tertiary alicyclic amines) is 2. The van der Waals surface area contributed by atoms with Gasteiger partial charge in [0.1, 0.15) is 0 Å². The number of anilines is 2. The Morgan fingerprint density at radius 1 is 0.935 bits per heavy atom. The Morgan fingerprint density at radius 2 is 1.68 bits per heavy atom. The van der Waals surface area contributed by atoms with Crippen molar-refractivity contribution in [2.24, 2.45) is 0 Å². The van der Waals surface area contributed by atoms with Gasteiger partial charge in [-0.3, -0.25) is 14.5 Å². The van der Waals surface area contributed by atoms with Gasteiger partial charge in [-0.25, -0.2) is 0 Å². The first-order chi connectivity index (χ1) is 15.1. The van der Waals surface area contributed by atoms with Crippen LogP contribution in [0, 0.1) is 0 Å². The van der Waals surface area contributed by atoms with Crippen LogP contribution in [0.15, 0.2) is 48.5 Å². The predicted octanol–water partition coefficient (Wildman–Crippen LogP) is 4.09. The fraction of sp³-hybridized carbons (Fsp3) is 0.417. The van der Waals surface area contributed by atoms with E-state index in [0.29, 0.717) is 34.5 Å². The largest absolute Gasteiger partial charge is 0.324 e. The highest BCUT2D eigenvalue weighted by atomic mass is 35.5. The van der Waals surface area contributed by atoms with E-state index >= 15 is 0 Å². The van der Waals surface area contributed by atoms with Crippen LogP contribution in [0.3, 0.4) is 0 Å². The van der Waals surface area contributed by atoms with Gasteiger partial charge >= 0.3 is 0 Å². The number of hydrogen-bond donors (Lipinski definition) is 2. The lowest BCUT2D eigenvalue weighted by molar-refractivity contribution is -0.117. The number of nitrogens with zero attached hydrogens (tertiary/aromatic N) is 2. The van der Waals surface area contributed by atoms with E-state index in [1.54, 1.807) is 42.5 Å². The zero-order valence-electron chi connectivity index (χ0n) is 17.6. The molecule has 0 aromatic heterocycles. The summed E-state index contributed by atoms with van der Waals surface area (Å²) in [6, 6.07) is 14.5. The van der Waals surface area contributed by atoms with Gasteiger partial charge in [-0.05, 0) is 81.7 Å². The maximum atomic E-state index is 12.8. The molecule has 0 radical (unpaired) electrons. The fourth-order valence-corrected chi connectivity index (χ4v) is 4.60. The average molecular weight is 441 g/mol. The molecule has 2 N–H and O–H groups in total. The van der Waals surface area contributed by atoms with E-state index in [2.05, 4.69) is 20.4 Å². The Morgan fingerprint density at radius 3 is 2.45 bits per heavy atom. The molecule has 0 aliphatic carbocycles. The summed E-state index contributed by atoms with van der Waals surface area (Å²) in [5.74, 6) is -0.355. The average Bonchev–Trinajstić information content (AvgIpc) is 3.43. The number of rotatable bonds is 7. The van der Waals surface area contributed by atoms with E-state index in [1.807, 2.05) is 6.07 Å². The SMILES string of the molecule is O=C(CN1CCCC1CN1CCCC1)Nc1ccccc1C(=O)Nc1ccc(Cl)cc1. The van der Waals surface area contributed by atoms with Gasteiger partial charge in [0.2, 0.25) is 5.91 Å². The number of halogens is 1. The third-order valence-corrected chi connectivity index (χ3v) is 6.31. The summed E-state index contributed by atoms with van der Waals surface area (Å²) in [5, 5.41) is 6.41. The van der Waals surface area contributed by atoms with Crippen LogP contribution in [0.1, 0.15) is 36.0 Å². The fourth-order valence-electron chi connectivity index (χ4n) is 4.47. The molecule has 7 heteroatoms. The van der Waals surface area contributed by atoms with E-state index in [0.717, 1.165) is 25.9 Å². The smallest absolute Gasteiger partial charge is 0.257 e. The van der Waals surface area contributed by atoms with Crippen molar-refractivity contribution in [3.63, 3.8) is 0 Å². The number of benzene rings is 2. The number of para-hydroxylation sites is 1. The molecular formula is C24H29ClN4O2. The van der Waals surface area contributed by atoms with Gasteiger partial charge in [0.25, 0.3) is 5.91 Å². The zero-order chi connectivity index (χ0) is 21.6. The van der Waals surface area contributed by atoms with Crippen molar-refractivity contribution < 1.29 is 9.59 Å². The molecular weight excluding hydrogens is 412 g/mol. The lowest BCUT2D eigenvalue weighted by atomic mass is 10.1. The monoisotopic (exact) mass is 440 g/mol. The minimum Gasteiger partial charge on any atom is -0.324 e. The van der Waals surface area contributed by atoms with Gasteiger partial charge in [0.05, 0.1) is 17.8 Å². The van der Waals surface area contributed by atoms with Crippen LogP contribution in [0.5, 0.6) is 0 Å². The first-order valence-electron chi connectivity index (χ1n) is 11.0. The van der Waals surface area contributed by atoms with Crippen molar-refractivity contribution in [3.8, 4) is 0 Å². The van der Waals surface area contributed by atoms with E-state index < -0.39 is 0 Å². The number of amides is 2. The highest BCUT2D eigenvalue weighted by Gasteiger charge is 2.29. The maximum Gasteiger partial charge on any atom is 0.257 e. The molecule has 6 nitrogen and oxygen atoms in total. The Balaban J connectivity index is 1.37. The summed E-state index contributed by atoms with van der Waals surface area (Å²) in [5.41, 5.74) is 1.60. The Kier molecular flexibility index (Phi) is 7.22. The molecule has 2 aliphatic rings. The topological polar surface area (TPSA) is 64.7 Å². The second kappa shape index (κ2) is 10.3. The second-order valence-corrected chi connectivity index (χ2v) is 8.77. The van der Waals surface area contributed by atoms with Crippen molar-refractivity contribution in [3.05, 3.63) is 59.1 Å². The summed E-state index contributed by atoms with van der Waals surface area (Å²) < 4.78 is 0. The van der Waals surface area contributed by atoms with E-state index in [4.69, 9.17) is 11.6 Å². The summed E-state index contributed by atoms with van der Waals surface area (Å²) in [4.78, 5) is 30.4. The van der Waals surface area contributed by atoms with Crippen molar-refractivity contribution in [1.82, 2.24) is 9.80 Å². The predicted molar refractivity (Wildman–Crippen MR) is 125 cm³/mol. The number of carbonyl (C=O) groups is 2. The highest BCUT2D eigenvalue weighted by molar-refractivity contribution is 6.30. The van der Waals surface area contributed by atoms with Gasteiger partial charge in [-0.15, -0.1) is 0 Å². The van der Waals surface area contributed by atoms with Crippen LogP contribution < -0.4 is 10.6 Å². The zero-order valence-corrected chi connectivity index (χ0v) is 18.4. The van der Waals surface area contributed by atoms with Gasteiger partial charge in [-0.2, -0.15) is 0 Å². The molecule has 0 bridgehead atoms. The molecule has 0 spiro atoms. The molecule has 2 heterocycles. The van der Waals surface area contributed by atoms with Crippen molar-refractivity contribution >= 4 is 34.8 Å².